The zero-order valence-electron chi connectivity index (χ0n) is 18.4. The Bertz CT molecular complexity index is 1020. The summed E-state index contributed by atoms with van der Waals surface area (Å²) in [6, 6.07) is 17.0. The predicted molar refractivity (Wildman–Crippen MR) is 122 cm³/mol. The number of benzene rings is 2. The molecule has 6 nitrogen and oxygen atoms in total. The molecule has 0 aliphatic heterocycles. The average Bonchev–Trinajstić information content (AvgIpc) is 3.30. The van der Waals surface area contributed by atoms with E-state index in [1.54, 1.807) is 24.3 Å². The molecule has 0 fully saturated rings. The van der Waals surface area contributed by atoms with Crippen LogP contribution in [0.2, 0.25) is 0 Å². The van der Waals surface area contributed by atoms with Crippen LogP contribution in [0, 0.1) is 6.92 Å². The molecular formula is C25H29N3O3. The average molecular weight is 420 g/mol. The minimum Gasteiger partial charge on any atom is -0.459 e. The number of likely N-dealkylation sites (N-methyl/N-ethyl adjacent to an activating group) is 1. The summed E-state index contributed by atoms with van der Waals surface area (Å²) in [6.07, 6.45) is 2.44. The van der Waals surface area contributed by atoms with Gasteiger partial charge in [-0.05, 0) is 68.4 Å². The topological polar surface area (TPSA) is 74.6 Å². The molecule has 3 aromatic rings. The maximum absolute atomic E-state index is 12.8. The zero-order chi connectivity index (χ0) is 22.4. The molecule has 1 aromatic heterocycles. The molecule has 0 aliphatic carbocycles. The van der Waals surface area contributed by atoms with E-state index >= 15 is 0 Å². The summed E-state index contributed by atoms with van der Waals surface area (Å²) in [7, 11) is 4.00. The molecule has 0 saturated heterocycles. The number of nitrogens with one attached hydrogen (secondary N) is 2. The fraction of sp³-hybridized carbons (Fsp3) is 0.280. The molecule has 2 aromatic carbocycles. The maximum atomic E-state index is 12.8. The molecule has 0 spiro atoms. The summed E-state index contributed by atoms with van der Waals surface area (Å²) in [5.41, 5.74) is 4.36. The van der Waals surface area contributed by atoms with Gasteiger partial charge in [-0.3, -0.25) is 9.59 Å². The Balaban J connectivity index is 1.69. The highest BCUT2D eigenvalue weighted by Gasteiger charge is 2.17. The van der Waals surface area contributed by atoms with E-state index in [1.807, 2.05) is 27.1 Å². The minimum absolute atomic E-state index is 0.0541. The highest BCUT2D eigenvalue weighted by atomic mass is 16.3. The van der Waals surface area contributed by atoms with E-state index in [-0.39, 0.29) is 23.6 Å². The lowest BCUT2D eigenvalue weighted by atomic mass is 10.0. The standard InChI is InChI=1S/C25H29N3O3/c1-5-18-9-12-19(13-10-18)22(28(3)4)16-26-24(29)20-11-8-17(2)21(15-20)27-25(30)23-7-6-14-31-23/h6-15,22H,5,16H2,1-4H3,(H,26,29)(H,27,30). The number of hydrogen-bond acceptors (Lipinski definition) is 4. The lowest BCUT2D eigenvalue weighted by Gasteiger charge is -2.25. The number of anilines is 1. The van der Waals surface area contributed by atoms with Crippen molar-refractivity contribution in [2.45, 2.75) is 26.3 Å². The van der Waals surface area contributed by atoms with E-state index in [2.05, 4.69) is 46.7 Å². The van der Waals surface area contributed by atoms with Gasteiger partial charge in [-0.25, -0.2) is 0 Å². The third kappa shape index (κ3) is 5.61. The molecule has 2 N–H and O–H groups in total. The molecule has 31 heavy (non-hydrogen) atoms. The summed E-state index contributed by atoms with van der Waals surface area (Å²) in [5.74, 6) is -0.323. The van der Waals surface area contributed by atoms with Crippen molar-refractivity contribution in [3.05, 3.63) is 88.9 Å². The lowest BCUT2D eigenvalue weighted by molar-refractivity contribution is 0.0940. The fourth-order valence-electron chi connectivity index (χ4n) is 3.36. The van der Waals surface area contributed by atoms with Crippen LogP contribution in [0.5, 0.6) is 0 Å². The number of hydrogen-bond donors (Lipinski definition) is 2. The van der Waals surface area contributed by atoms with Gasteiger partial charge in [-0.15, -0.1) is 0 Å². The van der Waals surface area contributed by atoms with Crippen molar-refractivity contribution >= 4 is 17.5 Å². The van der Waals surface area contributed by atoms with E-state index in [1.165, 1.54) is 11.8 Å². The van der Waals surface area contributed by atoms with Gasteiger partial charge in [0.2, 0.25) is 0 Å². The molecule has 1 heterocycles. The molecule has 2 amide bonds. The number of aryl methyl sites for hydroxylation is 2. The van der Waals surface area contributed by atoms with Crippen molar-refractivity contribution in [1.82, 2.24) is 10.2 Å². The molecule has 1 unspecified atom stereocenters. The van der Waals surface area contributed by atoms with Gasteiger partial charge in [-0.2, -0.15) is 0 Å². The molecule has 0 bridgehead atoms. The third-order valence-corrected chi connectivity index (χ3v) is 5.34. The predicted octanol–water partition coefficient (Wildman–Crippen LogP) is 4.44. The van der Waals surface area contributed by atoms with Crippen LogP contribution in [-0.2, 0) is 6.42 Å². The Hall–Kier alpha value is -3.38. The molecule has 6 heteroatoms. The van der Waals surface area contributed by atoms with Crippen molar-refractivity contribution in [3.8, 4) is 0 Å². The second-order valence-electron chi connectivity index (χ2n) is 7.75. The van der Waals surface area contributed by atoms with Crippen LogP contribution in [0.4, 0.5) is 5.69 Å². The molecule has 3 rings (SSSR count). The van der Waals surface area contributed by atoms with Crippen LogP contribution >= 0.6 is 0 Å². The Morgan fingerprint density at radius 2 is 1.77 bits per heavy atom. The largest absolute Gasteiger partial charge is 0.459 e. The second kappa shape index (κ2) is 10.1. The summed E-state index contributed by atoms with van der Waals surface area (Å²) in [5, 5.41) is 5.83. The Morgan fingerprint density at radius 3 is 2.39 bits per heavy atom. The van der Waals surface area contributed by atoms with Gasteiger partial charge in [0.05, 0.1) is 12.3 Å². The number of furan rings is 1. The van der Waals surface area contributed by atoms with Crippen molar-refractivity contribution in [1.29, 1.82) is 0 Å². The summed E-state index contributed by atoms with van der Waals surface area (Å²) < 4.78 is 5.13. The normalized spacial score (nSPS) is 11.9. The molecule has 0 aliphatic rings. The molecule has 0 radical (unpaired) electrons. The first-order valence-electron chi connectivity index (χ1n) is 10.4. The number of rotatable bonds is 8. The van der Waals surface area contributed by atoms with Crippen molar-refractivity contribution in [3.63, 3.8) is 0 Å². The molecule has 162 valence electrons. The van der Waals surface area contributed by atoms with Gasteiger partial charge >= 0.3 is 0 Å². The van der Waals surface area contributed by atoms with Gasteiger partial charge in [0.1, 0.15) is 0 Å². The SMILES string of the molecule is CCc1ccc(C(CNC(=O)c2ccc(C)c(NC(=O)c3ccco3)c2)N(C)C)cc1. The fourth-order valence-corrected chi connectivity index (χ4v) is 3.36. The van der Waals surface area contributed by atoms with E-state index < -0.39 is 0 Å². The molecule has 1 atom stereocenters. The van der Waals surface area contributed by atoms with Gasteiger partial charge in [0.25, 0.3) is 11.8 Å². The van der Waals surface area contributed by atoms with Gasteiger partial charge in [-0.1, -0.05) is 37.3 Å². The van der Waals surface area contributed by atoms with Crippen LogP contribution in [-0.4, -0.2) is 37.4 Å². The van der Waals surface area contributed by atoms with Crippen molar-refractivity contribution in [2.75, 3.05) is 26.0 Å². The molecular weight excluding hydrogens is 390 g/mol. The zero-order valence-corrected chi connectivity index (χ0v) is 18.4. The van der Waals surface area contributed by atoms with Gasteiger partial charge in [0, 0.05) is 17.8 Å². The van der Waals surface area contributed by atoms with E-state index in [0.29, 0.717) is 17.8 Å². The second-order valence-corrected chi connectivity index (χ2v) is 7.75. The van der Waals surface area contributed by atoms with E-state index in [4.69, 9.17) is 4.42 Å². The van der Waals surface area contributed by atoms with Crippen molar-refractivity contribution < 1.29 is 14.0 Å². The Morgan fingerprint density at radius 1 is 1.03 bits per heavy atom. The van der Waals surface area contributed by atoms with Crippen LogP contribution in [0.3, 0.4) is 0 Å². The Labute approximate surface area is 183 Å². The van der Waals surface area contributed by atoms with Crippen LogP contribution in [0.25, 0.3) is 0 Å². The van der Waals surface area contributed by atoms with E-state index in [9.17, 15) is 9.59 Å². The smallest absolute Gasteiger partial charge is 0.291 e. The van der Waals surface area contributed by atoms with Crippen LogP contribution in [0.15, 0.2) is 65.3 Å². The number of carbonyl (C=O) groups excluding carboxylic acids is 2. The lowest BCUT2D eigenvalue weighted by Crippen LogP contribution is -2.34. The first-order valence-corrected chi connectivity index (χ1v) is 10.4. The summed E-state index contributed by atoms with van der Waals surface area (Å²) >= 11 is 0. The third-order valence-electron chi connectivity index (χ3n) is 5.34. The summed E-state index contributed by atoms with van der Waals surface area (Å²) in [4.78, 5) is 27.2. The minimum atomic E-state index is -0.353. The van der Waals surface area contributed by atoms with Gasteiger partial charge < -0.3 is 20.0 Å². The van der Waals surface area contributed by atoms with Gasteiger partial charge in [0.15, 0.2) is 5.76 Å². The summed E-state index contributed by atoms with van der Waals surface area (Å²) in [6.45, 7) is 4.48. The number of amides is 2. The Kier molecular flexibility index (Phi) is 7.26. The maximum Gasteiger partial charge on any atom is 0.291 e. The van der Waals surface area contributed by atoms with Crippen LogP contribution in [0.1, 0.15) is 50.6 Å². The molecule has 0 saturated carbocycles. The quantitative estimate of drug-likeness (QED) is 0.566. The highest BCUT2D eigenvalue weighted by Crippen LogP contribution is 2.20. The van der Waals surface area contributed by atoms with E-state index in [0.717, 1.165) is 17.5 Å². The first kappa shape index (κ1) is 22.3. The highest BCUT2D eigenvalue weighted by molar-refractivity contribution is 6.03. The number of carbonyl (C=O) groups is 2. The van der Waals surface area contributed by atoms with Crippen molar-refractivity contribution in [2.24, 2.45) is 0 Å². The number of nitrogens with zero attached hydrogens (tertiary/aromatic N) is 1. The first-order chi connectivity index (χ1) is 14.9. The monoisotopic (exact) mass is 419 g/mol. The van der Waals surface area contributed by atoms with Crippen LogP contribution < -0.4 is 10.6 Å².